The zero-order valence-corrected chi connectivity index (χ0v) is 27.8. The molecular weight excluding hydrogens is 673 g/mol. The maximum absolute atomic E-state index is 12.3. The van der Waals surface area contributed by atoms with Crippen LogP contribution in [0.4, 0.5) is 0 Å². The maximum Gasteiger partial charge on any atom is 0.295 e. The van der Waals surface area contributed by atoms with Gasteiger partial charge in [0.25, 0.3) is 10.1 Å². The molecule has 2 N–H and O–H groups in total. The first-order valence-electron chi connectivity index (χ1n) is 13.4. The third-order valence-corrected chi connectivity index (χ3v) is 11.8. The summed E-state index contributed by atoms with van der Waals surface area (Å²) in [6.07, 6.45) is 0.831. The number of aliphatic hydroxyl groups is 1. The number of aryl methyl sites for hydroxylation is 1. The minimum absolute atomic E-state index is 0. The number of hydrogen-bond acceptors (Lipinski definition) is 8. The fourth-order valence-electron chi connectivity index (χ4n) is 4.87. The van der Waals surface area contributed by atoms with Crippen LogP contribution in [-0.2, 0) is 36.2 Å². The largest absolute Gasteiger partial charge is 1.00 e. The molecule has 1 heterocycles. The molecule has 2 aromatic carbocycles. The molecule has 0 amide bonds. The van der Waals surface area contributed by atoms with Crippen LogP contribution in [0, 0.1) is 0 Å². The van der Waals surface area contributed by atoms with E-state index in [-0.39, 0.29) is 58.3 Å². The van der Waals surface area contributed by atoms with Crippen molar-refractivity contribution in [2.24, 2.45) is 0 Å². The van der Waals surface area contributed by atoms with E-state index in [2.05, 4.69) is 0 Å². The smallest absolute Gasteiger partial charge is 0.295 e. The van der Waals surface area contributed by atoms with Gasteiger partial charge in [0, 0.05) is 34.0 Å². The Morgan fingerprint density at radius 2 is 1.55 bits per heavy atom. The summed E-state index contributed by atoms with van der Waals surface area (Å²) in [5.41, 5.74) is 2.58. The molecule has 240 valence electrons. The van der Waals surface area contributed by atoms with Gasteiger partial charge in [-0.25, -0.2) is 21.4 Å². The molecule has 0 spiro atoms. The lowest BCUT2D eigenvalue weighted by molar-refractivity contribution is -0.0000192. The van der Waals surface area contributed by atoms with Crippen LogP contribution in [0.3, 0.4) is 0 Å². The molecule has 0 fully saturated rings. The lowest BCUT2D eigenvalue weighted by atomic mass is 9.93. The summed E-state index contributed by atoms with van der Waals surface area (Å²) in [4.78, 5) is -0.271. The number of rotatable bonds is 13. The van der Waals surface area contributed by atoms with Gasteiger partial charge in [-0.2, -0.15) is 8.42 Å². The number of hydrogen-bond donors (Lipinski definition) is 2. The van der Waals surface area contributed by atoms with E-state index in [9.17, 15) is 29.8 Å². The van der Waals surface area contributed by atoms with Gasteiger partial charge in [-0.15, -0.1) is 11.6 Å². The van der Waals surface area contributed by atoms with E-state index in [0.29, 0.717) is 46.1 Å². The summed E-state index contributed by atoms with van der Waals surface area (Å²) in [6.45, 7) is -0.288. The van der Waals surface area contributed by atoms with Gasteiger partial charge in [-0.05, 0) is 36.6 Å². The molecule has 0 saturated heterocycles. The van der Waals surface area contributed by atoms with E-state index < -0.39 is 36.4 Å². The number of nitrogens with zero attached hydrogens (tertiary/aromatic N) is 1. The third kappa shape index (κ3) is 8.81. The topological polar surface area (TPSA) is 159 Å². The highest BCUT2D eigenvalue weighted by atomic mass is 35.5. The van der Waals surface area contributed by atoms with E-state index in [1.54, 1.807) is 54.1 Å². The monoisotopic (exact) mass is 705 g/mol. The van der Waals surface area contributed by atoms with Crippen molar-refractivity contribution in [3.63, 3.8) is 0 Å². The minimum Gasteiger partial charge on any atom is -1.00 e. The molecule has 44 heavy (non-hydrogen) atoms. The van der Waals surface area contributed by atoms with Crippen molar-refractivity contribution in [3.8, 4) is 22.5 Å². The number of benzene rings is 3. The third-order valence-electron chi connectivity index (χ3n) is 7.09. The van der Waals surface area contributed by atoms with Gasteiger partial charge in [0.15, 0.2) is 26.2 Å². The van der Waals surface area contributed by atoms with Crippen molar-refractivity contribution in [3.05, 3.63) is 71.6 Å². The molecule has 2 aliphatic rings. The molecule has 1 aliphatic heterocycles. The summed E-state index contributed by atoms with van der Waals surface area (Å²) in [7, 11) is -9.55. The predicted octanol–water partition coefficient (Wildman–Crippen LogP) is -0.149. The average molecular weight is 707 g/mol. The molecule has 2 aromatic rings. The van der Waals surface area contributed by atoms with Crippen molar-refractivity contribution in [2.75, 3.05) is 49.1 Å². The molecule has 0 saturated carbocycles. The summed E-state index contributed by atoms with van der Waals surface area (Å²) in [6, 6.07) is 16.7. The Morgan fingerprint density at radius 3 is 2.23 bits per heavy atom. The quantitative estimate of drug-likeness (QED) is 0.0835. The zero-order chi connectivity index (χ0) is 31.4. The van der Waals surface area contributed by atoms with Gasteiger partial charge in [0.05, 0.1) is 29.9 Å². The summed E-state index contributed by atoms with van der Waals surface area (Å²) >= 11 is 5.60. The lowest BCUT2D eigenvalue weighted by Gasteiger charge is -2.17. The summed E-state index contributed by atoms with van der Waals surface area (Å²) in [5.74, 6) is -0.159. The molecule has 15 heteroatoms. The first-order chi connectivity index (χ1) is 20.2. The van der Waals surface area contributed by atoms with E-state index in [0.717, 1.165) is 5.56 Å². The van der Waals surface area contributed by atoms with Crippen LogP contribution < -0.4 is 22.3 Å². The van der Waals surface area contributed by atoms with Crippen molar-refractivity contribution >= 4 is 52.4 Å². The van der Waals surface area contributed by atoms with Gasteiger partial charge in [-0.1, -0.05) is 30.3 Å². The molecule has 0 bridgehead atoms. The molecule has 1 aliphatic carbocycles. The van der Waals surface area contributed by atoms with Crippen molar-refractivity contribution in [1.82, 2.24) is 4.58 Å². The predicted molar refractivity (Wildman–Crippen MR) is 168 cm³/mol. The van der Waals surface area contributed by atoms with E-state index in [1.807, 2.05) is 6.07 Å². The Balaban J connectivity index is 0.00000529. The van der Waals surface area contributed by atoms with Gasteiger partial charge in [0.2, 0.25) is 5.36 Å². The average Bonchev–Trinajstić information content (AvgIpc) is 2.93. The van der Waals surface area contributed by atoms with Crippen LogP contribution in [0.15, 0.2) is 70.0 Å². The molecule has 0 unspecified atom stereocenters. The SMILES string of the molecule is C[N+](CCS(=O)(=O)CCO)=c1ccc2c(-c3ccccc3S(=O)(=O)O)c3ccc(CCCS(=O)(=O)CCCl)cc3oc-2c1.[Cl-]. The summed E-state index contributed by atoms with van der Waals surface area (Å²) < 4.78 is 91.2. The van der Waals surface area contributed by atoms with Crippen LogP contribution in [-0.4, -0.2) is 84.0 Å². The number of alkyl halides is 1. The van der Waals surface area contributed by atoms with E-state index in [1.165, 1.54) is 12.1 Å². The minimum atomic E-state index is -4.59. The number of aliphatic hydroxyl groups excluding tert-OH is 1. The van der Waals surface area contributed by atoms with Gasteiger partial charge < -0.3 is 21.9 Å². The van der Waals surface area contributed by atoms with Crippen LogP contribution in [0.25, 0.3) is 33.4 Å². The fourth-order valence-corrected chi connectivity index (χ4v) is 8.33. The fraction of sp³-hybridized carbons (Fsp3) is 0.345. The van der Waals surface area contributed by atoms with Crippen LogP contribution in [0.5, 0.6) is 0 Å². The van der Waals surface area contributed by atoms with E-state index >= 15 is 0 Å². The number of fused-ring (bicyclic) bond motifs is 2. The molecular formula is C29H33Cl2NO9S3. The summed E-state index contributed by atoms with van der Waals surface area (Å²) in [5, 5.41) is 10.2. The lowest BCUT2D eigenvalue weighted by Crippen LogP contribution is -3.00. The Hall–Kier alpha value is -2.52. The highest BCUT2D eigenvalue weighted by Gasteiger charge is 2.24. The van der Waals surface area contributed by atoms with Gasteiger partial charge >= 0.3 is 0 Å². The van der Waals surface area contributed by atoms with Crippen LogP contribution in [0.1, 0.15) is 12.0 Å². The van der Waals surface area contributed by atoms with Gasteiger partial charge in [-0.3, -0.25) is 4.55 Å². The number of sulfone groups is 2. The maximum atomic E-state index is 12.3. The van der Waals surface area contributed by atoms with Crippen LogP contribution >= 0.6 is 11.6 Å². The second-order valence-corrected chi connectivity index (χ2v) is 16.6. The first kappa shape index (κ1) is 36.0. The van der Waals surface area contributed by atoms with Crippen molar-refractivity contribution in [1.29, 1.82) is 0 Å². The Morgan fingerprint density at radius 1 is 0.841 bits per heavy atom. The zero-order valence-electron chi connectivity index (χ0n) is 23.8. The second-order valence-electron chi connectivity index (χ2n) is 10.2. The Labute approximate surface area is 268 Å². The molecule has 4 rings (SSSR count). The van der Waals surface area contributed by atoms with Crippen LogP contribution in [0.2, 0.25) is 0 Å². The molecule has 0 radical (unpaired) electrons. The molecule has 0 aromatic heterocycles. The second kappa shape index (κ2) is 14.7. The van der Waals surface area contributed by atoms with Crippen molar-refractivity contribution in [2.45, 2.75) is 17.7 Å². The standard InChI is InChI=1S/C29H32ClNO9S3.ClH/c1-31(13-17-42(35,36)18-14-32)22-9-11-24-27(20-22)40-26-19-21(5-4-15-41(33,34)16-12-30)8-10-23(26)29(24)25-6-2-3-7-28(25)43(37,38)39;/h2-3,6-11,19-20,32H,4-5,12-18H2,1H3;1H. The Bertz CT molecular complexity index is 2010. The number of halogens is 2. The van der Waals surface area contributed by atoms with Gasteiger partial charge in [0.1, 0.15) is 29.0 Å². The first-order valence-corrected chi connectivity index (χ1v) is 19.0. The molecule has 10 nitrogen and oxygen atoms in total. The molecule has 0 atom stereocenters. The normalized spacial score (nSPS) is 13.2. The highest BCUT2D eigenvalue weighted by Crippen LogP contribution is 2.42. The Kier molecular flexibility index (Phi) is 12.0. The van der Waals surface area contributed by atoms with Crippen molar-refractivity contribution < 1.29 is 51.7 Å². The highest BCUT2D eigenvalue weighted by molar-refractivity contribution is 7.91. The van der Waals surface area contributed by atoms with E-state index in [4.69, 9.17) is 21.1 Å².